The number of ether oxygens (including phenoxy) is 1. The first kappa shape index (κ1) is 14.8. The molecular weight excluding hydrogens is 284 g/mol. The van der Waals surface area contributed by atoms with Crippen LogP contribution in [-0.4, -0.2) is 59.2 Å². The first-order valence-electron chi connectivity index (χ1n) is 7.42. The van der Waals surface area contributed by atoms with Gasteiger partial charge < -0.3 is 19.6 Å². The molecule has 0 saturated carbocycles. The summed E-state index contributed by atoms with van der Waals surface area (Å²) in [6, 6.07) is 9.43. The summed E-state index contributed by atoms with van der Waals surface area (Å²) in [5.74, 6) is -0.449. The molecule has 6 heteroatoms. The first-order chi connectivity index (χ1) is 10.5. The standard InChI is InChI=1S/C16H20N2O4/c1-17-8-7-13(14(17)19)16(21)10-18(11-16)15(20)22-9-12-5-3-2-4-6-12/h2-6,13,21H,7-11H2,1H3. The molecule has 22 heavy (non-hydrogen) atoms. The molecule has 0 aromatic heterocycles. The van der Waals surface area contributed by atoms with Crippen LogP contribution in [0.15, 0.2) is 30.3 Å². The van der Waals surface area contributed by atoms with Crippen LogP contribution in [0, 0.1) is 5.92 Å². The van der Waals surface area contributed by atoms with Gasteiger partial charge in [-0.1, -0.05) is 30.3 Å². The van der Waals surface area contributed by atoms with E-state index in [1.165, 1.54) is 4.90 Å². The normalized spacial score (nSPS) is 23.4. The molecule has 2 heterocycles. The number of amides is 2. The van der Waals surface area contributed by atoms with E-state index >= 15 is 0 Å². The summed E-state index contributed by atoms with van der Waals surface area (Å²) in [5.41, 5.74) is -0.188. The molecule has 0 spiro atoms. The van der Waals surface area contributed by atoms with Gasteiger partial charge in [0.25, 0.3) is 0 Å². The number of β-amino-alcohol motifs (C(OH)–C–C–N with tert-alkyl or cyclic N) is 1. The molecule has 118 valence electrons. The van der Waals surface area contributed by atoms with E-state index in [2.05, 4.69) is 0 Å². The number of benzene rings is 1. The third kappa shape index (κ3) is 2.66. The van der Waals surface area contributed by atoms with Gasteiger partial charge in [0.1, 0.15) is 12.2 Å². The number of hydrogen-bond acceptors (Lipinski definition) is 4. The molecule has 2 aliphatic rings. The molecule has 0 bridgehead atoms. The van der Waals surface area contributed by atoms with Crippen molar-refractivity contribution in [2.24, 2.45) is 5.92 Å². The Bertz CT molecular complexity index is 569. The number of aliphatic hydroxyl groups is 1. The topological polar surface area (TPSA) is 70.1 Å². The summed E-state index contributed by atoms with van der Waals surface area (Å²) >= 11 is 0. The summed E-state index contributed by atoms with van der Waals surface area (Å²) < 4.78 is 5.22. The van der Waals surface area contributed by atoms with Crippen molar-refractivity contribution < 1.29 is 19.4 Å². The van der Waals surface area contributed by atoms with E-state index in [0.717, 1.165) is 5.56 Å². The highest BCUT2D eigenvalue weighted by Crippen LogP contribution is 2.35. The molecule has 1 N–H and O–H groups in total. The molecule has 6 nitrogen and oxygen atoms in total. The minimum absolute atomic E-state index is 0.0418. The summed E-state index contributed by atoms with van der Waals surface area (Å²) in [4.78, 5) is 27.0. The largest absolute Gasteiger partial charge is 0.445 e. The van der Waals surface area contributed by atoms with Crippen LogP contribution in [0.4, 0.5) is 4.79 Å². The number of hydrogen-bond donors (Lipinski definition) is 1. The van der Waals surface area contributed by atoms with Gasteiger partial charge in [-0.2, -0.15) is 0 Å². The minimum atomic E-state index is -1.10. The summed E-state index contributed by atoms with van der Waals surface area (Å²) in [6.07, 6.45) is 0.186. The second-order valence-electron chi connectivity index (χ2n) is 6.10. The maximum atomic E-state index is 12.0. The van der Waals surface area contributed by atoms with E-state index in [4.69, 9.17) is 4.74 Å². The van der Waals surface area contributed by atoms with Gasteiger partial charge in [0.05, 0.1) is 19.0 Å². The van der Waals surface area contributed by atoms with Gasteiger partial charge in [-0.15, -0.1) is 0 Å². The Morgan fingerprint density at radius 3 is 2.64 bits per heavy atom. The zero-order chi connectivity index (χ0) is 15.7. The molecule has 1 aromatic carbocycles. The van der Waals surface area contributed by atoms with Crippen molar-refractivity contribution in [3.63, 3.8) is 0 Å². The Hall–Kier alpha value is -2.08. The summed E-state index contributed by atoms with van der Waals surface area (Å²) in [6.45, 7) is 1.18. The van der Waals surface area contributed by atoms with E-state index in [1.54, 1.807) is 11.9 Å². The van der Waals surface area contributed by atoms with E-state index in [1.807, 2.05) is 30.3 Å². The number of carbonyl (C=O) groups is 2. The van der Waals surface area contributed by atoms with Gasteiger partial charge in [-0.25, -0.2) is 4.79 Å². The number of rotatable bonds is 3. The van der Waals surface area contributed by atoms with Crippen LogP contribution in [0.1, 0.15) is 12.0 Å². The Balaban J connectivity index is 1.50. The lowest BCUT2D eigenvalue weighted by Crippen LogP contribution is -2.67. The molecule has 2 aliphatic heterocycles. The Morgan fingerprint density at radius 1 is 1.36 bits per heavy atom. The zero-order valence-electron chi connectivity index (χ0n) is 12.6. The number of carbonyl (C=O) groups excluding carboxylic acids is 2. The van der Waals surface area contributed by atoms with Crippen LogP contribution in [0.2, 0.25) is 0 Å². The van der Waals surface area contributed by atoms with Crippen LogP contribution in [0.3, 0.4) is 0 Å². The average molecular weight is 304 g/mol. The van der Waals surface area contributed by atoms with Gasteiger partial charge in [0, 0.05) is 13.6 Å². The maximum absolute atomic E-state index is 12.0. The fraction of sp³-hybridized carbons (Fsp3) is 0.500. The van der Waals surface area contributed by atoms with Crippen molar-refractivity contribution in [2.45, 2.75) is 18.6 Å². The van der Waals surface area contributed by atoms with Gasteiger partial charge >= 0.3 is 6.09 Å². The van der Waals surface area contributed by atoms with Crippen molar-refractivity contribution in [1.82, 2.24) is 9.80 Å². The SMILES string of the molecule is CN1CCC(C2(O)CN(C(=O)OCc3ccccc3)C2)C1=O. The quantitative estimate of drug-likeness (QED) is 0.899. The maximum Gasteiger partial charge on any atom is 0.410 e. The second kappa shape index (κ2) is 5.61. The van der Waals surface area contributed by atoms with Crippen molar-refractivity contribution in [2.75, 3.05) is 26.7 Å². The lowest BCUT2D eigenvalue weighted by molar-refractivity contribution is -0.154. The van der Waals surface area contributed by atoms with Crippen LogP contribution in [-0.2, 0) is 16.1 Å². The molecule has 2 amide bonds. The lowest BCUT2D eigenvalue weighted by Gasteiger charge is -2.48. The predicted octanol–water partition coefficient (Wildman–Crippen LogP) is 0.848. The molecular formula is C16H20N2O4. The van der Waals surface area contributed by atoms with Crippen molar-refractivity contribution >= 4 is 12.0 Å². The van der Waals surface area contributed by atoms with Gasteiger partial charge in [-0.3, -0.25) is 4.79 Å². The molecule has 2 saturated heterocycles. The summed E-state index contributed by atoms with van der Waals surface area (Å²) in [5, 5.41) is 10.5. The highest BCUT2D eigenvalue weighted by atomic mass is 16.6. The zero-order valence-corrected chi connectivity index (χ0v) is 12.6. The minimum Gasteiger partial charge on any atom is -0.445 e. The Kier molecular flexibility index (Phi) is 3.78. The fourth-order valence-corrected chi connectivity index (χ4v) is 3.10. The predicted molar refractivity (Wildman–Crippen MR) is 78.9 cm³/mol. The average Bonchev–Trinajstić information content (AvgIpc) is 2.83. The Labute approximate surface area is 129 Å². The highest BCUT2D eigenvalue weighted by Gasteiger charge is 2.54. The van der Waals surface area contributed by atoms with Gasteiger partial charge in [0.2, 0.25) is 5.91 Å². The van der Waals surface area contributed by atoms with Crippen LogP contribution < -0.4 is 0 Å². The van der Waals surface area contributed by atoms with E-state index in [9.17, 15) is 14.7 Å². The molecule has 0 aliphatic carbocycles. The molecule has 1 atom stereocenters. The van der Waals surface area contributed by atoms with Crippen molar-refractivity contribution in [3.8, 4) is 0 Å². The van der Waals surface area contributed by atoms with Gasteiger partial charge in [-0.05, 0) is 12.0 Å². The lowest BCUT2D eigenvalue weighted by atomic mass is 9.80. The van der Waals surface area contributed by atoms with Crippen LogP contribution in [0.5, 0.6) is 0 Å². The molecule has 0 radical (unpaired) electrons. The Morgan fingerprint density at radius 2 is 2.05 bits per heavy atom. The third-order valence-corrected chi connectivity index (χ3v) is 4.47. The monoisotopic (exact) mass is 304 g/mol. The van der Waals surface area contributed by atoms with Crippen molar-refractivity contribution in [1.29, 1.82) is 0 Å². The smallest absolute Gasteiger partial charge is 0.410 e. The molecule has 2 fully saturated rings. The van der Waals surface area contributed by atoms with Crippen molar-refractivity contribution in [3.05, 3.63) is 35.9 Å². The number of likely N-dealkylation sites (tertiary alicyclic amines) is 2. The van der Waals surface area contributed by atoms with E-state index < -0.39 is 17.6 Å². The second-order valence-corrected chi connectivity index (χ2v) is 6.10. The van der Waals surface area contributed by atoms with E-state index in [-0.39, 0.29) is 25.6 Å². The third-order valence-electron chi connectivity index (χ3n) is 4.47. The summed E-state index contributed by atoms with van der Waals surface area (Å²) in [7, 11) is 1.73. The van der Waals surface area contributed by atoms with Gasteiger partial charge in [0.15, 0.2) is 0 Å². The van der Waals surface area contributed by atoms with Crippen LogP contribution in [0.25, 0.3) is 0 Å². The van der Waals surface area contributed by atoms with Crippen LogP contribution >= 0.6 is 0 Å². The molecule has 1 unspecified atom stereocenters. The highest BCUT2D eigenvalue weighted by molar-refractivity contribution is 5.82. The number of nitrogens with zero attached hydrogens (tertiary/aromatic N) is 2. The fourth-order valence-electron chi connectivity index (χ4n) is 3.10. The van der Waals surface area contributed by atoms with E-state index in [0.29, 0.717) is 13.0 Å². The molecule has 3 rings (SSSR count). The molecule has 1 aromatic rings. The first-order valence-corrected chi connectivity index (χ1v) is 7.42.